The fraction of sp³-hybridized carbons (Fsp3) is 0.364. The normalized spacial score (nSPS) is 14.7. The van der Waals surface area contributed by atoms with E-state index < -0.39 is 38.4 Å². The first kappa shape index (κ1) is 33.9. The van der Waals surface area contributed by atoms with Crippen molar-refractivity contribution in [3.8, 4) is 0 Å². The molecule has 1 unspecified atom stereocenters. The highest BCUT2D eigenvalue weighted by Crippen LogP contribution is 2.31. The zero-order valence-electron chi connectivity index (χ0n) is 26.5. The lowest BCUT2D eigenvalue weighted by Crippen LogP contribution is -2.29. The predicted molar refractivity (Wildman–Crippen MR) is 173 cm³/mol. The quantitative estimate of drug-likeness (QED) is 0.225. The molecule has 4 aromatic rings. The SMILES string of the molecule is CCOC(=O)n1nc(NC(=O)c2ccc(CC(C)N(C)C)cc2NC2CCOCC2)c2cc(S(=O)(=O)c3cc(F)cc(F)c3)ccc21. The summed E-state index contributed by atoms with van der Waals surface area (Å²) in [7, 11) is -0.407. The second-order valence-corrected chi connectivity index (χ2v) is 13.6. The molecule has 0 aliphatic carbocycles. The van der Waals surface area contributed by atoms with Crippen LogP contribution in [0.2, 0.25) is 0 Å². The van der Waals surface area contributed by atoms with Gasteiger partial charge in [0.05, 0.1) is 27.5 Å². The van der Waals surface area contributed by atoms with Crippen molar-refractivity contribution in [3.05, 3.63) is 77.4 Å². The predicted octanol–water partition coefficient (Wildman–Crippen LogP) is 5.49. The molecule has 11 nitrogen and oxygen atoms in total. The molecule has 1 aliphatic rings. The first-order valence-electron chi connectivity index (χ1n) is 15.2. The van der Waals surface area contributed by atoms with Gasteiger partial charge in [-0.25, -0.2) is 22.0 Å². The Hall–Kier alpha value is -4.40. The van der Waals surface area contributed by atoms with Gasteiger partial charge in [0.2, 0.25) is 9.84 Å². The summed E-state index contributed by atoms with van der Waals surface area (Å²) >= 11 is 0. The molecule has 14 heteroatoms. The first-order chi connectivity index (χ1) is 22.4. The summed E-state index contributed by atoms with van der Waals surface area (Å²) in [6.07, 6.45) is 1.43. The fourth-order valence-corrected chi connectivity index (χ4v) is 6.62. The maximum absolute atomic E-state index is 13.9. The summed E-state index contributed by atoms with van der Waals surface area (Å²) in [4.78, 5) is 27.9. The number of sulfone groups is 1. The Morgan fingerprint density at radius 2 is 1.74 bits per heavy atom. The van der Waals surface area contributed by atoms with Gasteiger partial charge in [0.15, 0.2) is 5.82 Å². The monoisotopic (exact) mass is 669 g/mol. The maximum Gasteiger partial charge on any atom is 0.435 e. The van der Waals surface area contributed by atoms with Crippen molar-refractivity contribution in [3.63, 3.8) is 0 Å². The van der Waals surface area contributed by atoms with Crippen LogP contribution >= 0.6 is 0 Å². The van der Waals surface area contributed by atoms with E-state index in [-0.39, 0.29) is 40.3 Å². The first-order valence-corrected chi connectivity index (χ1v) is 16.7. The molecule has 47 heavy (non-hydrogen) atoms. The van der Waals surface area contributed by atoms with Gasteiger partial charge in [0, 0.05) is 42.4 Å². The second kappa shape index (κ2) is 14.2. The summed E-state index contributed by atoms with van der Waals surface area (Å²) in [5, 5.41) is 10.6. The van der Waals surface area contributed by atoms with Crippen LogP contribution in [0.4, 0.5) is 25.1 Å². The molecule has 5 rings (SSSR count). The Labute approximate surface area is 271 Å². The van der Waals surface area contributed by atoms with Gasteiger partial charge in [-0.2, -0.15) is 4.68 Å². The number of nitrogens with one attached hydrogen (secondary N) is 2. The number of ether oxygens (including phenoxy) is 2. The summed E-state index contributed by atoms with van der Waals surface area (Å²) in [5.41, 5.74) is 2.11. The molecule has 1 saturated heterocycles. The molecule has 0 bridgehead atoms. The average Bonchev–Trinajstić information content (AvgIpc) is 3.38. The van der Waals surface area contributed by atoms with E-state index in [9.17, 15) is 26.8 Å². The molecule has 2 heterocycles. The molecular formula is C33H37F2N5O6S. The number of halogens is 2. The van der Waals surface area contributed by atoms with Crippen molar-refractivity contribution in [2.75, 3.05) is 44.5 Å². The fourth-order valence-electron chi connectivity index (χ4n) is 5.30. The van der Waals surface area contributed by atoms with Gasteiger partial charge in [0.1, 0.15) is 11.6 Å². The van der Waals surface area contributed by atoms with Crippen LogP contribution in [0.1, 0.15) is 42.6 Å². The number of amides is 1. The molecule has 0 spiro atoms. The summed E-state index contributed by atoms with van der Waals surface area (Å²) in [6, 6.07) is 11.6. The number of benzene rings is 3. The summed E-state index contributed by atoms with van der Waals surface area (Å²) in [6.45, 7) is 4.96. The van der Waals surface area contributed by atoms with Crippen molar-refractivity contribution in [2.45, 2.75) is 55.0 Å². The number of anilines is 2. The largest absolute Gasteiger partial charge is 0.448 e. The highest BCUT2D eigenvalue weighted by molar-refractivity contribution is 7.91. The Bertz CT molecular complexity index is 1890. The van der Waals surface area contributed by atoms with Crippen LogP contribution < -0.4 is 10.6 Å². The number of rotatable bonds is 10. The maximum atomic E-state index is 13.9. The standard InChI is InChI=1S/C33H37F2N5O6S/c1-5-46-33(42)40-30-9-7-25(47(43,44)26-17-22(34)16-23(35)18-26)19-28(30)31(38-40)37-32(41)27-8-6-21(14-20(2)39(3)4)15-29(27)36-24-10-12-45-13-11-24/h6-9,15-20,24,36H,5,10-14H2,1-4H3,(H,37,38,41). The molecule has 1 aliphatic heterocycles. The van der Waals surface area contributed by atoms with E-state index >= 15 is 0 Å². The molecule has 2 N–H and O–H groups in total. The van der Waals surface area contributed by atoms with E-state index in [1.165, 1.54) is 18.2 Å². The number of hydrogen-bond donors (Lipinski definition) is 2. The van der Waals surface area contributed by atoms with E-state index in [2.05, 4.69) is 27.6 Å². The average molecular weight is 670 g/mol. The van der Waals surface area contributed by atoms with E-state index in [4.69, 9.17) is 9.47 Å². The van der Waals surface area contributed by atoms with Crippen molar-refractivity contribution in [1.29, 1.82) is 0 Å². The molecule has 250 valence electrons. The van der Waals surface area contributed by atoms with Crippen LogP contribution in [0.25, 0.3) is 10.9 Å². The van der Waals surface area contributed by atoms with E-state index in [0.717, 1.165) is 29.5 Å². The lowest BCUT2D eigenvalue weighted by Gasteiger charge is -2.26. The lowest BCUT2D eigenvalue weighted by molar-refractivity contribution is 0.0904. The van der Waals surface area contributed by atoms with E-state index in [0.29, 0.717) is 42.7 Å². The van der Waals surface area contributed by atoms with E-state index in [1.54, 1.807) is 13.0 Å². The van der Waals surface area contributed by atoms with Crippen molar-refractivity contribution >= 4 is 44.2 Å². The third-order valence-corrected chi connectivity index (χ3v) is 9.83. The molecule has 1 atom stereocenters. The molecule has 0 radical (unpaired) electrons. The number of likely N-dealkylation sites (N-methyl/N-ethyl adjacent to an activating group) is 1. The summed E-state index contributed by atoms with van der Waals surface area (Å²) in [5.74, 6) is -2.77. The van der Waals surface area contributed by atoms with Crippen molar-refractivity contribution in [2.24, 2.45) is 0 Å². The van der Waals surface area contributed by atoms with Crippen molar-refractivity contribution in [1.82, 2.24) is 14.7 Å². The number of nitrogens with zero attached hydrogens (tertiary/aromatic N) is 3. The molecule has 1 fully saturated rings. The second-order valence-electron chi connectivity index (χ2n) is 11.6. The Kier molecular flexibility index (Phi) is 10.2. The van der Waals surface area contributed by atoms with Crippen molar-refractivity contribution < 1.29 is 36.3 Å². The topological polar surface area (TPSA) is 132 Å². The summed E-state index contributed by atoms with van der Waals surface area (Å²) < 4.78 is 66.2. The van der Waals surface area contributed by atoms with Gasteiger partial charge in [0.25, 0.3) is 5.91 Å². The van der Waals surface area contributed by atoms with Crippen LogP contribution in [0.5, 0.6) is 0 Å². The zero-order chi connectivity index (χ0) is 33.9. The van der Waals surface area contributed by atoms with E-state index in [1.807, 2.05) is 26.2 Å². The number of fused-ring (bicyclic) bond motifs is 1. The van der Waals surface area contributed by atoms with Crippen LogP contribution in [0, 0.1) is 11.6 Å². The Morgan fingerprint density at radius 1 is 1.04 bits per heavy atom. The molecule has 0 saturated carbocycles. The third kappa shape index (κ3) is 7.61. The van der Waals surface area contributed by atoms with Gasteiger partial charge in [-0.05, 0) is 95.2 Å². The van der Waals surface area contributed by atoms with Crippen LogP contribution in [-0.4, -0.2) is 81.1 Å². The van der Waals surface area contributed by atoms with Gasteiger partial charge in [-0.15, -0.1) is 5.10 Å². The molecular weight excluding hydrogens is 632 g/mol. The van der Waals surface area contributed by atoms with Crippen LogP contribution in [0.15, 0.2) is 64.4 Å². The highest BCUT2D eigenvalue weighted by atomic mass is 32.2. The van der Waals surface area contributed by atoms with Gasteiger partial charge < -0.3 is 25.0 Å². The minimum Gasteiger partial charge on any atom is -0.448 e. The molecule has 1 amide bonds. The third-order valence-electron chi connectivity index (χ3n) is 8.10. The van der Waals surface area contributed by atoms with Gasteiger partial charge in [-0.1, -0.05) is 6.07 Å². The zero-order valence-corrected chi connectivity index (χ0v) is 27.4. The molecule has 1 aromatic heterocycles. The smallest absolute Gasteiger partial charge is 0.435 e. The van der Waals surface area contributed by atoms with Crippen LogP contribution in [0.3, 0.4) is 0 Å². The minimum absolute atomic E-state index is 0.0412. The Balaban J connectivity index is 1.55. The highest BCUT2D eigenvalue weighted by Gasteiger charge is 2.26. The minimum atomic E-state index is -4.41. The van der Waals surface area contributed by atoms with Crippen LogP contribution in [-0.2, 0) is 25.7 Å². The number of carbonyl (C=O) groups is 2. The molecule has 3 aromatic carbocycles. The lowest BCUT2D eigenvalue weighted by atomic mass is 10.0. The number of carbonyl (C=O) groups excluding carboxylic acids is 2. The van der Waals surface area contributed by atoms with Gasteiger partial charge in [-0.3, -0.25) is 4.79 Å². The van der Waals surface area contributed by atoms with Gasteiger partial charge >= 0.3 is 6.09 Å². The Morgan fingerprint density at radius 3 is 2.40 bits per heavy atom. The number of hydrogen-bond acceptors (Lipinski definition) is 9. The number of aromatic nitrogens is 2.